The van der Waals surface area contributed by atoms with E-state index in [-0.39, 0.29) is 11.4 Å². The van der Waals surface area contributed by atoms with Crippen LogP contribution < -0.4 is 0 Å². The van der Waals surface area contributed by atoms with Crippen molar-refractivity contribution < 1.29 is 14.6 Å². The molecule has 1 aromatic carbocycles. The fourth-order valence-corrected chi connectivity index (χ4v) is 2.30. The number of phenols is 1. The van der Waals surface area contributed by atoms with Crippen LogP contribution in [-0.2, 0) is 21.4 Å². The van der Waals surface area contributed by atoms with Gasteiger partial charge in [-0.1, -0.05) is 26.8 Å². The van der Waals surface area contributed by atoms with Gasteiger partial charge in [0.2, 0.25) is 0 Å². The average Bonchev–Trinajstić information content (AvgIpc) is 2.31. The largest absolute Gasteiger partial charge is 0.507 e. The number of esters is 1. The van der Waals surface area contributed by atoms with Gasteiger partial charge in [-0.05, 0) is 47.9 Å². The van der Waals surface area contributed by atoms with Crippen molar-refractivity contribution >= 4 is 5.97 Å². The maximum absolute atomic E-state index is 11.2. The predicted octanol–water partition coefficient (Wildman–Crippen LogP) is 3.41. The van der Waals surface area contributed by atoms with Crippen LogP contribution in [-0.4, -0.2) is 18.2 Å². The third-order valence-corrected chi connectivity index (χ3v) is 3.51. The molecule has 0 radical (unpaired) electrons. The monoisotopic (exact) mass is 264 g/mol. The second kappa shape index (κ2) is 5.64. The molecule has 106 valence electrons. The molecule has 3 heteroatoms. The summed E-state index contributed by atoms with van der Waals surface area (Å²) in [7, 11) is 1.39. The van der Waals surface area contributed by atoms with E-state index < -0.39 is 0 Å². The van der Waals surface area contributed by atoms with Crippen molar-refractivity contribution in [2.45, 2.75) is 52.9 Å². The van der Waals surface area contributed by atoms with Crippen LogP contribution in [0, 0.1) is 13.8 Å². The highest BCUT2D eigenvalue weighted by Gasteiger charge is 2.22. The molecule has 1 rings (SSSR count). The topological polar surface area (TPSA) is 46.5 Å². The highest BCUT2D eigenvalue weighted by molar-refractivity contribution is 5.69. The van der Waals surface area contributed by atoms with Crippen LogP contribution in [0.15, 0.2) is 6.07 Å². The third kappa shape index (κ3) is 3.49. The minimum Gasteiger partial charge on any atom is -0.507 e. The van der Waals surface area contributed by atoms with Gasteiger partial charge in [0.1, 0.15) is 5.75 Å². The number of methoxy groups -OCH3 is 1. The van der Waals surface area contributed by atoms with Crippen molar-refractivity contribution in [3.63, 3.8) is 0 Å². The number of rotatable bonds is 3. The van der Waals surface area contributed by atoms with Crippen molar-refractivity contribution in [1.82, 2.24) is 0 Å². The van der Waals surface area contributed by atoms with Crippen LogP contribution in [0.4, 0.5) is 0 Å². The van der Waals surface area contributed by atoms with Crippen molar-refractivity contribution in [3.8, 4) is 5.75 Å². The van der Waals surface area contributed by atoms with Gasteiger partial charge in [0.05, 0.1) is 7.11 Å². The second-order valence-electron chi connectivity index (χ2n) is 6.02. The number of hydrogen-bond donors (Lipinski definition) is 1. The molecule has 0 aliphatic rings. The molecule has 0 heterocycles. The molecule has 0 saturated heterocycles. The molecule has 3 nitrogen and oxygen atoms in total. The van der Waals surface area contributed by atoms with Gasteiger partial charge < -0.3 is 9.84 Å². The Morgan fingerprint density at radius 1 is 1.32 bits per heavy atom. The molecule has 0 saturated carbocycles. The van der Waals surface area contributed by atoms with Crippen LogP contribution in [0.3, 0.4) is 0 Å². The van der Waals surface area contributed by atoms with Gasteiger partial charge in [0, 0.05) is 6.42 Å². The van der Waals surface area contributed by atoms with Crippen molar-refractivity contribution in [3.05, 3.63) is 28.3 Å². The Hall–Kier alpha value is -1.51. The van der Waals surface area contributed by atoms with Gasteiger partial charge in [0.25, 0.3) is 0 Å². The summed E-state index contributed by atoms with van der Waals surface area (Å²) in [5.74, 6) is 0.121. The standard InChI is InChI=1S/C16H24O3/c1-10-9-13(16(3,4)5)15(18)11(2)12(10)7-8-14(17)19-6/h9,18H,7-8H2,1-6H3. The van der Waals surface area contributed by atoms with E-state index in [0.29, 0.717) is 18.6 Å². The number of hydrogen-bond acceptors (Lipinski definition) is 3. The molecule has 1 N–H and O–H groups in total. The number of ether oxygens (including phenoxy) is 1. The second-order valence-corrected chi connectivity index (χ2v) is 6.02. The summed E-state index contributed by atoms with van der Waals surface area (Å²) in [6.07, 6.45) is 0.939. The Kier molecular flexibility index (Phi) is 4.61. The predicted molar refractivity (Wildman–Crippen MR) is 76.6 cm³/mol. The first-order chi connectivity index (χ1) is 8.68. The summed E-state index contributed by atoms with van der Waals surface area (Å²) in [5.41, 5.74) is 3.87. The zero-order valence-electron chi connectivity index (χ0n) is 12.8. The molecule has 1 aromatic rings. The van der Waals surface area contributed by atoms with Crippen molar-refractivity contribution in [2.24, 2.45) is 0 Å². The van der Waals surface area contributed by atoms with E-state index in [9.17, 15) is 9.90 Å². The van der Waals surface area contributed by atoms with E-state index in [0.717, 1.165) is 22.3 Å². The number of benzene rings is 1. The smallest absolute Gasteiger partial charge is 0.305 e. The van der Waals surface area contributed by atoms with E-state index in [1.165, 1.54) is 7.11 Å². The molecule has 19 heavy (non-hydrogen) atoms. The normalized spacial score (nSPS) is 11.5. The Labute approximate surface area is 115 Å². The number of carbonyl (C=O) groups is 1. The van der Waals surface area contributed by atoms with E-state index in [2.05, 4.69) is 25.5 Å². The summed E-state index contributed by atoms with van der Waals surface area (Å²) in [6, 6.07) is 2.02. The van der Waals surface area contributed by atoms with Gasteiger partial charge in [-0.3, -0.25) is 4.79 Å². The molecule has 0 fully saturated rings. The zero-order valence-corrected chi connectivity index (χ0v) is 12.8. The molecule has 0 aliphatic carbocycles. The lowest BCUT2D eigenvalue weighted by atomic mass is 9.82. The van der Waals surface area contributed by atoms with Crippen molar-refractivity contribution in [2.75, 3.05) is 7.11 Å². The summed E-state index contributed by atoms with van der Waals surface area (Å²) in [6.45, 7) is 10.2. The molecule has 0 amide bonds. The van der Waals surface area contributed by atoms with Crippen LogP contribution in [0.2, 0.25) is 0 Å². The van der Waals surface area contributed by atoms with Gasteiger partial charge in [-0.15, -0.1) is 0 Å². The summed E-state index contributed by atoms with van der Waals surface area (Å²) >= 11 is 0. The SMILES string of the molecule is COC(=O)CCc1c(C)cc(C(C)(C)C)c(O)c1C. The molecule has 0 bridgehead atoms. The summed E-state index contributed by atoms with van der Waals surface area (Å²) < 4.78 is 4.66. The molecule has 0 unspecified atom stereocenters. The third-order valence-electron chi connectivity index (χ3n) is 3.51. The van der Waals surface area contributed by atoms with Gasteiger partial charge >= 0.3 is 5.97 Å². The first kappa shape index (κ1) is 15.5. The van der Waals surface area contributed by atoms with E-state index in [1.807, 2.05) is 19.9 Å². The van der Waals surface area contributed by atoms with Gasteiger partial charge in [-0.25, -0.2) is 0 Å². The van der Waals surface area contributed by atoms with Crippen LogP contribution >= 0.6 is 0 Å². The zero-order chi connectivity index (χ0) is 14.8. The first-order valence-corrected chi connectivity index (χ1v) is 6.57. The average molecular weight is 264 g/mol. The lowest BCUT2D eigenvalue weighted by molar-refractivity contribution is -0.140. The Bertz CT molecular complexity index is 482. The lowest BCUT2D eigenvalue weighted by Gasteiger charge is -2.24. The summed E-state index contributed by atoms with van der Waals surface area (Å²) in [5, 5.41) is 10.3. The highest BCUT2D eigenvalue weighted by Crippen LogP contribution is 2.36. The van der Waals surface area contributed by atoms with E-state index in [1.54, 1.807) is 0 Å². The fourth-order valence-electron chi connectivity index (χ4n) is 2.30. The number of aromatic hydroxyl groups is 1. The molecular formula is C16H24O3. The first-order valence-electron chi connectivity index (χ1n) is 6.57. The Morgan fingerprint density at radius 3 is 2.37 bits per heavy atom. The fraction of sp³-hybridized carbons (Fsp3) is 0.562. The molecule has 0 spiro atoms. The minimum atomic E-state index is -0.224. The van der Waals surface area contributed by atoms with E-state index in [4.69, 9.17) is 0 Å². The van der Waals surface area contributed by atoms with Crippen LogP contribution in [0.1, 0.15) is 49.4 Å². The van der Waals surface area contributed by atoms with Crippen LogP contribution in [0.25, 0.3) is 0 Å². The Balaban J connectivity index is 3.16. The van der Waals surface area contributed by atoms with Gasteiger partial charge in [-0.2, -0.15) is 0 Å². The molecule has 0 aliphatic heterocycles. The Morgan fingerprint density at radius 2 is 1.89 bits per heavy atom. The highest BCUT2D eigenvalue weighted by atomic mass is 16.5. The minimum absolute atomic E-state index is 0.0967. The van der Waals surface area contributed by atoms with Gasteiger partial charge in [0.15, 0.2) is 0 Å². The summed E-state index contributed by atoms with van der Waals surface area (Å²) in [4.78, 5) is 11.2. The molecule has 0 atom stereocenters. The van der Waals surface area contributed by atoms with Crippen molar-refractivity contribution in [1.29, 1.82) is 0 Å². The quantitative estimate of drug-likeness (QED) is 0.851. The van der Waals surface area contributed by atoms with Crippen LogP contribution in [0.5, 0.6) is 5.75 Å². The number of phenolic OH excluding ortho intramolecular Hbond substituents is 1. The number of aryl methyl sites for hydroxylation is 1. The lowest BCUT2D eigenvalue weighted by Crippen LogP contribution is -2.14. The molecular weight excluding hydrogens is 240 g/mol. The molecule has 0 aromatic heterocycles. The van der Waals surface area contributed by atoms with E-state index >= 15 is 0 Å². The number of carbonyl (C=O) groups excluding carboxylic acids is 1. The maximum Gasteiger partial charge on any atom is 0.305 e. The maximum atomic E-state index is 11.2.